The minimum absolute atomic E-state index is 0.00344. The summed E-state index contributed by atoms with van der Waals surface area (Å²) >= 11 is 0. The molecular weight excluding hydrogens is 520 g/mol. The molecule has 39 heavy (non-hydrogen) atoms. The standard InChI is InChI=1S/C24H32N4O11/c1-12(2)20(28-21(34)14-6-4-5-7-17(14)39-13(3)30)23(36)25-10-18(31)26-16(11-29)22(35)27-15(24(37)38)8-9-19(32)33/h4-7,12,15-16,20,29H,8-11H2,1-3H3,(H,25,36)(H,26,31)(H,27,35)(H,28,34)(H,32,33)(H,37,38)/t15-,16-,20-/m0/s1. The summed E-state index contributed by atoms with van der Waals surface area (Å²) in [5, 5.41) is 36.3. The molecule has 3 atom stereocenters. The second-order valence-corrected chi connectivity index (χ2v) is 8.64. The first kappa shape index (κ1) is 32.5. The number of amides is 4. The fourth-order valence-electron chi connectivity index (χ4n) is 3.17. The first-order chi connectivity index (χ1) is 18.3. The van der Waals surface area contributed by atoms with Gasteiger partial charge in [-0.15, -0.1) is 0 Å². The number of carbonyl (C=O) groups is 7. The fraction of sp³-hybridized carbons (Fsp3) is 0.458. The molecule has 1 rings (SSSR count). The van der Waals surface area contributed by atoms with Gasteiger partial charge in [0.25, 0.3) is 5.91 Å². The molecule has 0 aliphatic rings. The van der Waals surface area contributed by atoms with Gasteiger partial charge in [0, 0.05) is 13.3 Å². The van der Waals surface area contributed by atoms with Crippen molar-refractivity contribution in [2.24, 2.45) is 5.92 Å². The van der Waals surface area contributed by atoms with E-state index < -0.39 is 91.6 Å². The average molecular weight is 553 g/mol. The Balaban J connectivity index is 2.77. The summed E-state index contributed by atoms with van der Waals surface area (Å²) in [6.07, 6.45) is -0.964. The van der Waals surface area contributed by atoms with Crippen LogP contribution in [0.2, 0.25) is 0 Å². The highest BCUT2D eigenvalue weighted by atomic mass is 16.5. The Kier molecular flexibility index (Phi) is 13.0. The number of aliphatic carboxylic acids is 2. The van der Waals surface area contributed by atoms with Gasteiger partial charge in [0.05, 0.1) is 18.7 Å². The van der Waals surface area contributed by atoms with Crippen LogP contribution >= 0.6 is 0 Å². The van der Waals surface area contributed by atoms with Crippen molar-refractivity contribution in [1.82, 2.24) is 21.3 Å². The molecule has 0 bridgehead atoms. The van der Waals surface area contributed by atoms with Gasteiger partial charge >= 0.3 is 17.9 Å². The smallest absolute Gasteiger partial charge is 0.326 e. The predicted octanol–water partition coefficient (Wildman–Crippen LogP) is -1.61. The second-order valence-electron chi connectivity index (χ2n) is 8.64. The summed E-state index contributed by atoms with van der Waals surface area (Å²) in [5.41, 5.74) is 0.00344. The van der Waals surface area contributed by atoms with E-state index in [1.54, 1.807) is 19.9 Å². The Morgan fingerprint density at radius 2 is 1.54 bits per heavy atom. The lowest BCUT2D eigenvalue weighted by molar-refractivity contribution is -0.143. The summed E-state index contributed by atoms with van der Waals surface area (Å²) in [5.74, 6) is -7.31. The number of rotatable bonds is 15. The highest BCUT2D eigenvalue weighted by molar-refractivity contribution is 6.00. The van der Waals surface area contributed by atoms with Gasteiger partial charge in [0.1, 0.15) is 23.9 Å². The number of ether oxygens (including phenoxy) is 1. The maximum atomic E-state index is 12.8. The minimum atomic E-state index is -1.58. The second kappa shape index (κ2) is 15.7. The van der Waals surface area contributed by atoms with Crippen LogP contribution in [0.25, 0.3) is 0 Å². The molecule has 0 heterocycles. The number of carboxylic acid groups (broad SMARTS) is 2. The van der Waals surface area contributed by atoms with Crippen LogP contribution in [0.1, 0.15) is 44.0 Å². The molecule has 0 unspecified atom stereocenters. The van der Waals surface area contributed by atoms with Gasteiger partial charge in [0.2, 0.25) is 17.7 Å². The van der Waals surface area contributed by atoms with Crippen LogP contribution in [0.5, 0.6) is 5.75 Å². The van der Waals surface area contributed by atoms with Gasteiger partial charge in [0.15, 0.2) is 0 Å². The highest BCUT2D eigenvalue weighted by Gasteiger charge is 2.29. The summed E-state index contributed by atoms with van der Waals surface area (Å²) < 4.78 is 5.01. The lowest BCUT2D eigenvalue weighted by Crippen LogP contribution is -2.56. The number of para-hydroxylation sites is 1. The summed E-state index contributed by atoms with van der Waals surface area (Å²) in [4.78, 5) is 83.3. The maximum absolute atomic E-state index is 12.8. The molecule has 7 N–H and O–H groups in total. The van der Waals surface area contributed by atoms with E-state index in [0.29, 0.717) is 0 Å². The zero-order valence-electron chi connectivity index (χ0n) is 21.6. The molecule has 0 aliphatic heterocycles. The van der Waals surface area contributed by atoms with E-state index in [2.05, 4.69) is 16.0 Å². The SMILES string of the molecule is CC(=O)Oc1ccccc1C(=O)N[C@H](C(=O)NCC(=O)N[C@@H](CO)C(=O)N[C@@H](CCC(=O)O)C(=O)O)C(C)C. The maximum Gasteiger partial charge on any atom is 0.326 e. The van der Waals surface area contributed by atoms with E-state index in [0.717, 1.165) is 0 Å². The number of aliphatic hydroxyl groups excluding tert-OH is 1. The van der Waals surface area contributed by atoms with Crippen LogP contribution in [0.3, 0.4) is 0 Å². The minimum Gasteiger partial charge on any atom is -0.481 e. The van der Waals surface area contributed by atoms with Crippen LogP contribution in [0.4, 0.5) is 0 Å². The fourth-order valence-corrected chi connectivity index (χ4v) is 3.17. The lowest BCUT2D eigenvalue weighted by Gasteiger charge is -2.23. The van der Waals surface area contributed by atoms with Crippen LogP contribution in [-0.2, 0) is 28.8 Å². The van der Waals surface area contributed by atoms with Gasteiger partial charge in [-0.1, -0.05) is 26.0 Å². The zero-order chi connectivity index (χ0) is 29.7. The third-order valence-corrected chi connectivity index (χ3v) is 5.14. The number of nitrogens with one attached hydrogen (secondary N) is 4. The van der Waals surface area contributed by atoms with Crippen molar-refractivity contribution in [3.05, 3.63) is 29.8 Å². The van der Waals surface area contributed by atoms with Crippen molar-refractivity contribution in [3.8, 4) is 5.75 Å². The number of aliphatic hydroxyl groups is 1. The Morgan fingerprint density at radius 3 is 2.08 bits per heavy atom. The van der Waals surface area contributed by atoms with Gasteiger partial charge < -0.3 is 41.3 Å². The molecule has 0 saturated heterocycles. The largest absolute Gasteiger partial charge is 0.481 e. The summed E-state index contributed by atoms with van der Waals surface area (Å²) in [7, 11) is 0. The van der Waals surface area contributed by atoms with Crippen molar-refractivity contribution >= 4 is 41.5 Å². The summed E-state index contributed by atoms with van der Waals surface area (Å²) in [6.45, 7) is 2.87. The molecule has 0 radical (unpaired) electrons. The van der Waals surface area contributed by atoms with Crippen LogP contribution in [-0.4, -0.2) is 88.1 Å². The van der Waals surface area contributed by atoms with Crippen molar-refractivity contribution in [2.75, 3.05) is 13.2 Å². The predicted molar refractivity (Wildman–Crippen MR) is 132 cm³/mol. The molecule has 0 fully saturated rings. The monoisotopic (exact) mass is 552 g/mol. The molecule has 15 nitrogen and oxygen atoms in total. The van der Waals surface area contributed by atoms with E-state index in [1.807, 2.05) is 5.32 Å². The Bertz CT molecular complexity index is 1090. The van der Waals surface area contributed by atoms with Gasteiger partial charge in [-0.05, 0) is 24.5 Å². The number of carbonyl (C=O) groups excluding carboxylic acids is 5. The van der Waals surface area contributed by atoms with Crippen LogP contribution in [0, 0.1) is 5.92 Å². The van der Waals surface area contributed by atoms with E-state index >= 15 is 0 Å². The zero-order valence-corrected chi connectivity index (χ0v) is 21.6. The Hall–Kier alpha value is -4.53. The average Bonchev–Trinajstić information content (AvgIpc) is 2.85. The van der Waals surface area contributed by atoms with Gasteiger partial charge in [-0.2, -0.15) is 0 Å². The number of esters is 1. The molecule has 15 heteroatoms. The molecule has 4 amide bonds. The molecule has 0 aliphatic carbocycles. The number of hydrogen-bond donors (Lipinski definition) is 7. The normalized spacial score (nSPS) is 12.8. The number of hydrogen-bond acceptors (Lipinski definition) is 9. The molecule has 0 aromatic heterocycles. The topological polar surface area (TPSA) is 238 Å². The highest BCUT2D eigenvalue weighted by Crippen LogP contribution is 2.18. The molecular formula is C24H32N4O11. The molecule has 1 aromatic carbocycles. The van der Waals surface area contributed by atoms with E-state index in [4.69, 9.17) is 14.9 Å². The van der Waals surface area contributed by atoms with Crippen molar-refractivity contribution in [2.45, 2.75) is 51.7 Å². The summed E-state index contributed by atoms with van der Waals surface area (Å²) in [6, 6.07) is 1.63. The third kappa shape index (κ3) is 11.2. The van der Waals surface area contributed by atoms with E-state index in [1.165, 1.54) is 25.1 Å². The van der Waals surface area contributed by atoms with Crippen LogP contribution < -0.4 is 26.0 Å². The third-order valence-electron chi connectivity index (χ3n) is 5.14. The Labute approximate surface area is 223 Å². The lowest BCUT2D eigenvalue weighted by atomic mass is 10.0. The van der Waals surface area contributed by atoms with Gasteiger partial charge in [-0.3, -0.25) is 28.8 Å². The Morgan fingerprint density at radius 1 is 0.897 bits per heavy atom. The van der Waals surface area contributed by atoms with Crippen molar-refractivity contribution < 1.29 is 53.6 Å². The van der Waals surface area contributed by atoms with E-state index in [-0.39, 0.29) is 11.3 Å². The first-order valence-corrected chi connectivity index (χ1v) is 11.8. The molecule has 0 spiro atoms. The molecule has 0 saturated carbocycles. The molecule has 214 valence electrons. The first-order valence-electron chi connectivity index (χ1n) is 11.8. The van der Waals surface area contributed by atoms with E-state index in [9.17, 15) is 38.7 Å². The number of benzene rings is 1. The number of carboxylic acids is 2. The van der Waals surface area contributed by atoms with Gasteiger partial charge in [-0.25, -0.2) is 4.79 Å². The van der Waals surface area contributed by atoms with Crippen LogP contribution in [0.15, 0.2) is 24.3 Å². The van der Waals surface area contributed by atoms with Crippen molar-refractivity contribution in [1.29, 1.82) is 0 Å². The van der Waals surface area contributed by atoms with Crippen molar-refractivity contribution in [3.63, 3.8) is 0 Å². The molecule has 1 aromatic rings. The quantitative estimate of drug-likeness (QED) is 0.0965.